The Balaban J connectivity index is 1.25. The molecule has 2 aromatic rings. The van der Waals surface area contributed by atoms with Crippen molar-refractivity contribution in [2.45, 2.75) is 63.5 Å². The van der Waals surface area contributed by atoms with Gasteiger partial charge in [-0.2, -0.15) is 0 Å². The van der Waals surface area contributed by atoms with Crippen LogP contribution in [0.15, 0.2) is 36.4 Å². The van der Waals surface area contributed by atoms with Gasteiger partial charge in [-0.1, -0.05) is 18.2 Å². The molecule has 1 spiro atoms. The molecule has 1 atom stereocenters. The third-order valence-electron chi connectivity index (χ3n) is 6.96. The van der Waals surface area contributed by atoms with Crippen molar-refractivity contribution >= 4 is 17.2 Å². The van der Waals surface area contributed by atoms with Gasteiger partial charge in [-0.3, -0.25) is 9.69 Å². The molecule has 0 radical (unpaired) electrons. The van der Waals surface area contributed by atoms with E-state index in [1.54, 1.807) is 0 Å². The lowest BCUT2D eigenvalue weighted by Gasteiger charge is -2.47. The summed E-state index contributed by atoms with van der Waals surface area (Å²) >= 11 is 1.90. The highest BCUT2D eigenvalue weighted by Gasteiger charge is 2.43. The fourth-order valence-corrected chi connectivity index (χ4v) is 5.95. The van der Waals surface area contributed by atoms with E-state index in [9.17, 15) is 4.79 Å². The summed E-state index contributed by atoms with van der Waals surface area (Å²) in [4.78, 5) is 18.0. The molecule has 5 rings (SSSR count). The Morgan fingerprint density at radius 1 is 1.20 bits per heavy atom. The van der Waals surface area contributed by atoms with Crippen molar-refractivity contribution in [2.24, 2.45) is 5.92 Å². The molecule has 0 bridgehead atoms. The Morgan fingerprint density at radius 2 is 2.00 bits per heavy atom. The zero-order valence-electron chi connectivity index (χ0n) is 17.9. The largest absolute Gasteiger partial charge is 0.487 e. The molecular formula is C25H32N2O2S. The first kappa shape index (κ1) is 20.1. The van der Waals surface area contributed by atoms with Gasteiger partial charge in [0.1, 0.15) is 11.4 Å². The van der Waals surface area contributed by atoms with E-state index in [1.807, 2.05) is 11.3 Å². The van der Waals surface area contributed by atoms with Crippen LogP contribution < -0.4 is 10.1 Å². The second-order valence-corrected chi connectivity index (χ2v) is 10.8. The SMILES string of the molecule is Cc1ccc(CN2CCC3(CC2)C[C@H](CC(=O)NCC2CC2)c2ccccc2O3)s1. The smallest absolute Gasteiger partial charge is 0.220 e. The lowest BCUT2D eigenvalue weighted by atomic mass is 9.76. The molecule has 2 aliphatic heterocycles. The van der Waals surface area contributed by atoms with Crippen LogP contribution in [0.1, 0.15) is 59.8 Å². The molecule has 0 unspecified atom stereocenters. The van der Waals surface area contributed by atoms with Gasteiger partial charge in [0.05, 0.1) is 0 Å². The van der Waals surface area contributed by atoms with Crippen LogP contribution in [0.4, 0.5) is 0 Å². The zero-order chi connectivity index (χ0) is 20.6. The van der Waals surface area contributed by atoms with Gasteiger partial charge in [-0.05, 0) is 68.7 Å². The minimum Gasteiger partial charge on any atom is -0.487 e. The van der Waals surface area contributed by atoms with Crippen LogP contribution in [-0.2, 0) is 11.3 Å². The van der Waals surface area contributed by atoms with Gasteiger partial charge >= 0.3 is 0 Å². The maximum absolute atomic E-state index is 12.6. The highest BCUT2D eigenvalue weighted by molar-refractivity contribution is 7.11. The molecule has 1 aromatic carbocycles. The predicted molar refractivity (Wildman–Crippen MR) is 121 cm³/mol. The highest BCUT2D eigenvalue weighted by Crippen LogP contribution is 2.46. The summed E-state index contributed by atoms with van der Waals surface area (Å²) in [5.74, 6) is 2.16. The van der Waals surface area contributed by atoms with Gasteiger partial charge < -0.3 is 10.1 Å². The first-order valence-corrected chi connectivity index (χ1v) is 12.2. The number of thiophene rings is 1. The number of nitrogens with zero attached hydrogens (tertiary/aromatic N) is 1. The molecule has 3 heterocycles. The van der Waals surface area contributed by atoms with Crippen molar-refractivity contribution in [3.63, 3.8) is 0 Å². The summed E-state index contributed by atoms with van der Waals surface area (Å²) in [7, 11) is 0. The minimum absolute atomic E-state index is 0.127. The molecule has 1 saturated heterocycles. The van der Waals surface area contributed by atoms with Crippen molar-refractivity contribution < 1.29 is 9.53 Å². The van der Waals surface area contributed by atoms with E-state index >= 15 is 0 Å². The summed E-state index contributed by atoms with van der Waals surface area (Å²) in [5, 5.41) is 3.16. The molecule has 5 heteroatoms. The van der Waals surface area contributed by atoms with Crippen molar-refractivity contribution in [1.29, 1.82) is 0 Å². The number of rotatable bonds is 6. The number of likely N-dealkylation sites (tertiary alicyclic amines) is 1. The molecule has 2 fully saturated rings. The number of fused-ring (bicyclic) bond motifs is 1. The van der Waals surface area contributed by atoms with E-state index in [0.29, 0.717) is 6.42 Å². The average molecular weight is 425 g/mol. The number of piperidine rings is 1. The standard InChI is InChI=1S/C25H32N2O2S/c1-18-6-9-21(30-18)17-27-12-10-25(11-13-27)15-20(14-24(28)26-16-19-7-8-19)22-4-2-3-5-23(22)29-25/h2-6,9,19-20H,7-8,10-17H2,1H3,(H,26,28)/t20-/m0/s1. The first-order valence-electron chi connectivity index (χ1n) is 11.4. The van der Waals surface area contributed by atoms with E-state index in [4.69, 9.17) is 4.74 Å². The molecule has 30 heavy (non-hydrogen) atoms. The van der Waals surface area contributed by atoms with E-state index in [2.05, 4.69) is 53.5 Å². The fourth-order valence-electron chi connectivity index (χ4n) is 5.02. The Hall–Kier alpha value is -1.85. The van der Waals surface area contributed by atoms with E-state index < -0.39 is 0 Å². The molecule has 3 aliphatic rings. The number of para-hydroxylation sites is 1. The maximum Gasteiger partial charge on any atom is 0.220 e. The second-order valence-electron chi connectivity index (χ2n) is 9.46. The molecule has 1 saturated carbocycles. The monoisotopic (exact) mass is 424 g/mol. The van der Waals surface area contributed by atoms with Gasteiger partial charge in [0, 0.05) is 48.3 Å². The summed E-state index contributed by atoms with van der Waals surface area (Å²) in [6, 6.07) is 12.8. The van der Waals surface area contributed by atoms with Gasteiger partial charge in [0.25, 0.3) is 0 Å². The third-order valence-corrected chi connectivity index (χ3v) is 7.95. The molecule has 4 nitrogen and oxygen atoms in total. The van der Waals surface area contributed by atoms with Crippen LogP contribution >= 0.6 is 11.3 Å². The molecule has 1 N–H and O–H groups in total. The summed E-state index contributed by atoms with van der Waals surface area (Å²) in [5.41, 5.74) is 1.08. The maximum atomic E-state index is 12.6. The number of hydrogen-bond acceptors (Lipinski definition) is 4. The Bertz CT molecular complexity index is 896. The third kappa shape index (κ3) is 4.57. The zero-order valence-corrected chi connectivity index (χ0v) is 18.7. The highest BCUT2D eigenvalue weighted by atomic mass is 32.1. The lowest BCUT2D eigenvalue weighted by molar-refractivity contribution is -0.122. The van der Waals surface area contributed by atoms with Crippen LogP contribution in [0, 0.1) is 12.8 Å². The van der Waals surface area contributed by atoms with Crippen LogP contribution in [0.25, 0.3) is 0 Å². The number of aryl methyl sites for hydroxylation is 1. The van der Waals surface area contributed by atoms with Gasteiger partial charge in [-0.15, -0.1) is 11.3 Å². The summed E-state index contributed by atoms with van der Waals surface area (Å²) in [6.07, 6.45) is 6.13. The van der Waals surface area contributed by atoms with Crippen LogP contribution in [0.5, 0.6) is 5.75 Å². The van der Waals surface area contributed by atoms with Crippen LogP contribution in [-0.4, -0.2) is 36.0 Å². The van der Waals surface area contributed by atoms with Crippen LogP contribution in [0.2, 0.25) is 0 Å². The average Bonchev–Trinajstić information content (AvgIpc) is 3.49. The number of hydrogen-bond donors (Lipinski definition) is 1. The predicted octanol–water partition coefficient (Wildman–Crippen LogP) is 4.87. The Labute approximate surface area is 183 Å². The van der Waals surface area contributed by atoms with Gasteiger partial charge in [0.15, 0.2) is 0 Å². The van der Waals surface area contributed by atoms with Crippen molar-refractivity contribution in [3.05, 3.63) is 51.7 Å². The number of amides is 1. The summed E-state index contributed by atoms with van der Waals surface area (Å²) in [6.45, 7) is 6.18. The molecular weight excluding hydrogens is 392 g/mol. The van der Waals surface area contributed by atoms with E-state index in [0.717, 1.165) is 57.1 Å². The topological polar surface area (TPSA) is 41.6 Å². The minimum atomic E-state index is -0.127. The number of nitrogens with one attached hydrogen (secondary N) is 1. The molecule has 160 valence electrons. The number of carbonyl (C=O) groups is 1. The number of ether oxygens (including phenoxy) is 1. The van der Waals surface area contributed by atoms with Crippen molar-refractivity contribution in [1.82, 2.24) is 10.2 Å². The van der Waals surface area contributed by atoms with Crippen molar-refractivity contribution in [2.75, 3.05) is 19.6 Å². The Morgan fingerprint density at radius 3 is 2.73 bits per heavy atom. The fraction of sp³-hybridized carbons (Fsp3) is 0.560. The van der Waals surface area contributed by atoms with Gasteiger partial charge in [0.2, 0.25) is 5.91 Å². The Kier molecular flexibility index (Phi) is 5.59. The quantitative estimate of drug-likeness (QED) is 0.719. The van der Waals surface area contributed by atoms with Crippen LogP contribution in [0.3, 0.4) is 0 Å². The molecule has 1 aliphatic carbocycles. The lowest BCUT2D eigenvalue weighted by Crippen LogP contribution is -2.50. The summed E-state index contributed by atoms with van der Waals surface area (Å²) < 4.78 is 6.63. The first-order chi connectivity index (χ1) is 14.6. The number of carbonyl (C=O) groups excluding carboxylic acids is 1. The van der Waals surface area contributed by atoms with Crippen molar-refractivity contribution in [3.8, 4) is 5.75 Å². The van der Waals surface area contributed by atoms with Gasteiger partial charge in [-0.25, -0.2) is 0 Å². The normalized spacial score (nSPS) is 23.0. The molecule has 1 amide bonds. The molecule has 1 aromatic heterocycles. The second kappa shape index (κ2) is 8.35. The van der Waals surface area contributed by atoms with E-state index in [-0.39, 0.29) is 17.4 Å². The van der Waals surface area contributed by atoms with E-state index in [1.165, 1.54) is 28.2 Å². The number of benzene rings is 1.